The van der Waals surface area contributed by atoms with Crippen molar-refractivity contribution in [2.45, 2.75) is 58.4 Å². The van der Waals surface area contributed by atoms with Gasteiger partial charge in [0.05, 0.1) is 0 Å². The van der Waals surface area contributed by atoms with Gasteiger partial charge in [-0.15, -0.1) is 0 Å². The average Bonchev–Trinajstić information content (AvgIpc) is 2.40. The molecule has 3 unspecified atom stereocenters. The van der Waals surface area contributed by atoms with E-state index >= 15 is 0 Å². The maximum absolute atomic E-state index is 3.56. The van der Waals surface area contributed by atoms with Crippen molar-refractivity contribution in [3.8, 4) is 0 Å². The lowest BCUT2D eigenvalue weighted by molar-refractivity contribution is 0.230. The molecular formula is C18H29N. The highest BCUT2D eigenvalue weighted by Gasteiger charge is 2.26. The third-order valence-electron chi connectivity index (χ3n) is 4.72. The fourth-order valence-corrected chi connectivity index (χ4v) is 3.55. The molecule has 2 rings (SSSR count). The molecule has 1 aliphatic rings. The van der Waals surface area contributed by atoms with Gasteiger partial charge in [0.2, 0.25) is 0 Å². The van der Waals surface area contributed by atoms with Crippen LogP contribution in [-0.2, 0) is 0 Å². The summed E-state index contributed by atoms with van der Waals surface area (Å²) in [6.07, 6.45) is 5.56. The molecule has 0 aliphatic heterocycles. The Morgan fingerprint density at radius 1 is 1.05 bits per heavy atom. The maximum Gasteiger partial charge on any atom is 0.0346 e. The maximum atomic E-state index is 3.56. The summed E-state index contributed by atoms with van der Waals surface area (Å²) in [6, 6.07) is 9.79. The summed E-state index contributed by atoms with van der Waals surface area (Å²) in [5.74, 6) is 2.32. The summed E-state index contributed by atoms with van der Waals surface area (Å²) in [5.41, 5.74) is 2.90. The lowest BCUT2D eigenvalue weighted by atomic mass is 9.76. The molecule has 0 spiro atoms. The Morgan fingerprint density at radius 2 is 1.68 bits per heavy atom. The Hall–Kier alpha value is -0.820. The van der Waals surface area contributed by atoms with Crippen molar-refractivity contribution in [2.75, 3.05) is 7.05 Å². The zero-order chi connectivity index (χ0) is 13.8. The molecule has 1 fully saturated rings. The minimum atomic E-state index is 0.531. The number of hydrogen-bond donors (Lipinski definition) is 1. The second-order valence-electron chi connectivity index (χ2n) is 6.62. The van der Waals surface area contributed by atoms with Crippen LogP contribution >= 0.6 is 0 Å². The van der Waals surface area contributed by atoms with Crippen molar-refractivity contribution < 1.29 is 0 Å². The van der Waals surface area contributed by atoms with Gasteiger partial charge >= 0.3 is 0 Å². The first-order valence-electron chi connectivity index (χ1n) is 7.89. The van der Waals surface area contributed by atoms with E-state index in [1.165, 1.54) is 36.8 Å². The van der Waals surface area contributed by atoms with Gasteiger partial charge in [0.1, 0.15) is 0 Å². The molecule has 3 atom stereocenters. The minimum absolute atomic E-state index is 0.531. The van der Waals surface area contributed by atoms with E-state index in [9.17, 15) is 0 Å². The van der Waals surface area contributed by atoms with Gasteiger partial charge in [-0.1, -0.05) is 57.9 Å². The first-order chi connectivity index (χ1) is 9.11. The van der Waals surface area contributed by atoms with Crippen LogP contribution < -0.4 is 5.32 Å². The molecule has 1 saturated carbocycles. The number of nitrogens with one attached hydrogen (secondary N) is 1. The summed E-state index contributed by atoms with van der Waals surface area (Å²) in [4.78, 5) is 0. The monoisotopic (exact) mass is 259 g/mol. The van der Waals surface area contributed by atoms with Crippen LogP contribution in [0.1, 0.15) is 69.5 Å². The molecule has 0 saturated heterocycles. The second kappa shape index (κ2) is 6.56. The molecule has 0 amide bonds. The summed E-state index contributed by atoms with van der Waals surface area (Å²) >= 11 is 0. The first kappa shape index (κ1) is 14.6. The van der Waals surface area contributed by atoms with Crippen molar-refractivity contribution in [3.05, 3.63) is 35.4 Å². The van der Waals surface area contributed by atoms with E-state index in [0.717, 1.165) is 11.8 Å². The SMILES string of the molecule is CNC(c1ccc(C(C)C)cc1)C1CCCC(C)C1. The Kier molecular flexibility index (Phi) is 5.04. The highest BCUT2D eigenvalue weighted by molar-refractivity contribution is 5.27. The van der Waals surface area contributed by atoms with E-state index in [1.54, 1.807) is 0 Å². The molecule has 1 heteroatoms. The average molecular weight is 259 g/mol. The Labute approximate surface area is 118 Å². The third-order valence-corrected chi connectivity index (χ3v) is 4.72. The molecule has 0 radical (unpaired) electrons. The molecule has 0 bridgehead atoms. The summed E-state index contributed by atoms with van der Waals surface area (Å²) in [7, 11) is 2.11. The van der Waals surface area contributed by atoms with Crippen molar-refractivity contribution >= 4 is 0 Å². The molecule has 0 heterocycles. The van der Waals surface area contributed by atoms with E-state index in [4.69, 9.17) is 0 Å². The molecule has 1 aromatic carbocycles. The number of hydrogen-bond acceptors (Lipinski definition) is 1. The van der Waals surface area contributed by atoms with Gasteiger partial charge < -0.3 is 5.32 Å². The molecule has 1 nitrogen and oxygen atoms in total. The van der Waals surface area contributed by atoms with E-state index in [2.05, 4.69) is 57.4 Å². The Morgan fingerprint density at radius 3 is 2.21 bits per heavy atom. The van der Waals surface area contributed by atoms with E-state index in [-0.39, 0.29) is 0 Å². The lowest BCUT2D eigenvalue weighted by Gasteiger charge is -2.33. The van der Waals surface area contributed by atoms with Gasteiger partial charge in [0.25, 0.3) is 0 Å². The zero-order valence-electron chi connectivity index (χ0n) is 12.9. The second-order valence-corrected chi connectivity index (χ2v) is 6.62. The summed E-state index contributed by atoms with van der Waals surface area (Å²) < 4.78 is 0. The van der Waals surface area contributed by atoms with Crippen LogP contribution in [0.4, 0.5) is 0 Å². The quantitative estimate of drug-likeness (QED) is 0.811. The molecule has 1 aromatic rings. The van der Waals surface area contributed by atoms with Gasteiger partial charge in [0, 0.05) is 6.04 Å². The van der Waals surface area contributed by atoms with Crippen LogP contribution in [-0.4, -0.2) is 7.05 Å². The minimum Gasteiger partial charge on any atom is -0.313 e. The fraction of sp³-hybridized carbons (Fsp3) is 0.667. The zero-order valence-corrected chi connectivity index (χ0v) is 12.9. The van der Waals surface area contributed by atoms with Crippen molar-refractivity contribution in [1.82, 2.24) is 5.32 Å². The Balaban J connectivity index is 2.12. The molecule has 1 aliphatic carbocycles. The van der Waals surface area contributed by atoms with Gasteiger partial charge in [-0.3, -0.25) is 0 Å². The van der Waals surface area contributed by atoms with Crippen LogP contribution in [0.2, 0.25) is 0 Å². The Bertz CT molecular complexity index is 379. The predicted molar refractivity (Wildman–Crippen MR) is 83.5 cm³/mol. The highest BCUT2D eigenvalue weighted by atomic mass is 14.9. The topological polar surface area (TPSA) is 12.0 Å². The van der Waals surface area contributed by atoms with Crippen LogP contribution in [0.15, 0.2) is 24.3 Å². The fourth-order valence-electron chi connectivity index (χ4n) is 3.55. The number of rotatable bonds is 4. The van der Waals surface area contributed by atoms with E-state index in [0.29, 0.717) is 12.0 Å². The van der Waals surface area contributed by atoms with Crippen LogP contribution in [0.3, 0.4) is 0 Å². The van der Waals surface area contributed by atoms with Gasteiger partial charge in [-0.05, 0) is 48.8 Å². The lowest BCUT2D eigenvalue weighted by Crippen LogP contribution is -2.29. The molecule has 19 heavy (non-hydrogen) atoms. The summed E-state index contributed by atoms with van der Waals surface area (Å²) in [6.45, 7) is 6.92. The smallest absolute Gasteiger partial charge is 0.0346 e. The van der Waals surface area contributed by atoms with Gasteiger partial charge in [-0.2, -0.15) is 0 Å². The summed E-state index contributed by atoms with van der Waals surface area (Å²) in [5, 5.41) is 3.56. The van der Waals surface area contributed by atoms with Crippen molar-refractivity contribution in [2.24, 2.45) is 11.8 Å². The predicted octanol–water partition coefficient (Wildman–Crippen LogP) is 4.90. The van der Waals surface area contributed by atoms with Crippen molar-refractivity contribution in [3.63, 3.8) is 0 Å². The molecule has 106 valence electrons. The number of benzene rings is 1. The standard InChI is InChI=1S/C18H29N/c1-13(2)15-8-10-16(11-9-15)18(19-4)17-7-5-6-14(3)12-17/h8-11,13-14,17-19H,5-7,12H2,1-4H3. The van der Waals surface area contributed by atoms with Crippen LogP contribution in [0, 0.1) is 11.8 Å². The molecular weight excluding hydrogens is 230 g/mol. The first-order valence-corrected chi connectivity index (χ1v) is 7.89. The molecule has 0 aromatic heterocycles. The van der Waals surface area contributed by atoms with E-state index in [1.807, 2.05) is 0 Å². The van der Waals surface area contributed by atoms with Crippen LogP contribution in [0.25, 0.3) is 0 Å². The highest BCUT2D eigenvalue weighted by Crippen LogP contribution is 2.37. The van der Waals surface area contributed by atoms with Crippen LogP contribution in [0.5, 0.6) is 0 Å². The normalized spacial score (nSPS) is 25.5. The van der Waals surface area contributed by atoms with Crippen molar-refractivity contribution in [1.29, 1.82) is 0 Å². The van der Waals surface area contributed by atoms with E-state index < -0.39 is 0 Å². The van der Waals surface area contributed by atoms with Gasteiger partial charge in [0.15, 0.2) is 0 Å². The third kappa shape index (κ3) is 3.60. The largest absolute Gasteiger partial charge is 0.313 e. The van der Waals surface area contributed by atoms with Gasteiger partial charge in [-0.25, -0.2) is 0 Å². The molecule has 1 N–H and O–H groups in total.